The number of carbonyl (C=O) groups excluding carboxylic acids is 2. The highest BCUT2D eigenvalue weighted by molar-refractivity contribution is 5.76. The fourth-order valence-electron chi connectivity index (χ4n) is 1.76. The standard InChI is InChI=1S/C10H21NO3.C5H11NO3/c1-2-3-4-5-10(14)11(6-8-12)7-9-13;7-3-1-6(5-9)2-4-8/h12-13H,2-9H2,1H3;5,7-8H,1-4H2. The Morgan fingerprint density at radius 3 is 1.70 bits per heavy atom. The molecule has 0 heterocycles. The van der Waals surface area contributed by atoms with Crippen molar-refractivity contribution < 1.29 is 30.0 Å². The van der Waals surface area contributed by atoms with E-state index < -0.39 is 0 Å². The Morgan fingerprint density at radius 1 is 0.870 bits per heavy atom. The number of aliphatic hydroxyl groups is 4. The molecule has 0 spiro atoms. The quantitative estimate of drug-likeness (QED) is 0.248. The molecule has 0 aliphatic carbocycles. The fourth-order valence-corrected chi connectivity index (χ4v) is 1.76. The van der Waals surface area contributed by atoms with Crippen molar-refractivity contribution in [2.24, 2.45) is 0 Å². The van der Waals surface area contributed by atoms with Crippen LogP contribution in [0.2, 0.25) is 0 Å². The number of carbonyl (C=O) groups is 2. The third-order valence-electron chi connectivity index (χ3n) is 3.01. The van der Waals surface area contributed by atoms with E-state index in [9.17, 15) is 9.59 Å². The molecule has 138 valence electrons. The van der Waals surface area contributed by atoms with Crippen molar-refractivity contribution in [1.29, 1.82) is 0 Å². The highest BCUT2D eigenvalue weighted by Gasteiger charge is 2.11. The molecule has 8 heteroatoms. The highest BCUT2D eigenvalue weighted by atomic mass is 16.3. The smallest absolute Gasteiger partial charge is 0.222 e. The molecule has 0 aromatic carbocycles. The Balaban J connectivity index is 0. The number of hydrogen-bond donors (Lipinski definition) is 4. The summed E-state index contributed by atoms with van der Waals surface area (Å²) in [5.74, 6) is 0.0292. The van der Waals surface area contributed by atoms with Crippen LogP contribution in [-0.4, -0.2) is 95.1 Å². The number of rotatable bonds is 13. The van der Waals surface area contributed by atoms with Gasteiger partial charge in [0.25, 0.3) is 0 Å². The van der Waals surface area contributed by atoms with Crippen molar-refractivity contribution in [3.63, 3.8) is 0 Å². The summed E-state index contributed by atoms with van der Waals surface area (Å²) < 4.78 is 0. The Kier molecular flexibility index (Phi) is 19.7. The van der Waals surface area contributed by atoms with Crippen LogP contribution >= 0.6 is 0 Å². The molecular formula is C15H32N2O6. The van der Waals surface area contributed by atoms with E-state index in [0.29, 0.717) is 39.0 Å². The number of unbranched alkanes of at least 4 members (excludes halogenated alkanes) is 2. The van der Waals surface area contributed by atoms with Crippen molar-refractivity contribution in [3.05, 3.63) is 0 Å². The molecule has 0 saturated carbocycles. The minimum Gasteiger partial charge on any atom is -0.395 e. The summed E-state index contributed by atoms with van der Waals surface area (Å²) in [6.45, 7) is 3.13. The highest BCUT2D eigenvalue weighted by Crippen LogP contribution is 2.02. The molecule has 0 aromatic rings. The van der Waals surface area contributed by atoms with E-state index in [1.54, 1.807) is 0 Å². The van der Waals surface area contributed by atoms with Crippen LogP contribution in [0.5, 0.6) is 0 Å². The third-order valence-corrected chi connectivity index (χ3v) is 3.01. The van der Waals surface area contributed by atoms with Gasteiger partial charge in [0.15, 0.2) is 0 Å². The average Bonchev–Trinajstić information content (AvgIpc) is 2.55. The molecule has 0 aromatic heterocycles. The SMILES string of the molecule is CCCCCC(=O)N(CCO)CCO.O=CN(CCO)CCO. The van der Waals surface area contributed by atoms with Gasteiger partial charge in [-0.3, -0.25) is 9.59 Å². The molecule has 0 bridgehead atoms. The largest absolute Gasteiger partial charge is 0.395 e. The van der Waals surface area contributed by atoms with Gasteiger partial charge in [-0.15, -0.1) is 0 Å². The van der Waals surface area contributed by atoms with Crippen molar-refractivity contribution in [3.8, 4) is 0 Å². The third kappa shape index (κ3) is 15.4. The van der Waals surface area contributed by atoms with Gasteiger partial charge in [0.1, 0.15) is 0 Å². The molecule has 0 aliphatic rings. The van der Waals surface area contributed by atoms with Crippen LogP contribution < -0.4 is 0 Å². The maximum Gasteiger partial charge on any atom is 0.222 e. The predicted octanol–water partition coefficient (Wildman–Crippen LogP) is -1.19. The number of aliphatic hydroxyl groups excluding tert-OH is 4. The van der Waals surface area contributed by atoms with E-state index in [-0.39, 0.29) is 32.3 Å². The first-order chi connectivity index (χ1) is 11.1. The second-order valence-corrected chi connectivity index (χ2v) is 4.87. The molecule has 0 rings (SSSR count). The van der Waals surface area contributed by atoms with E-state index in [0.717, 1.165) is 19.3 Å². The Hall–Kier alpha value is -1.22. The summed E-state index contributed by atoms with van der Waals surface area (Å²) in [7, 11) is 0. The van der Waals surface area contributed by atoms with Gasteiger partial charge in [0.05, 0.1) is 26.4 Å². The Labute approximate surface area is 138 Å². The normalized spacial score (nSPS) is 9.78. The molecule has 0 atom stereocenters. The summed E-state index contributed by atoms with van der Waals surface area (Å²) >= 11 is 0. The zero-order valence-corrected chi connectivity index (χ0v) is 14.1. The molecular weight excluding hydrogens is 304 g/mol. The van der Waals surface area contributed by atoms with Gasteiger partial charge >= 0.3 is 0 Å². The Morgan fingerprint density at radius 2 is 1.35 bits per heavy atom. The van der Waals surface area contributed by atoms with Gasteiger partial charge in [0, 0.05) is 32.6 Å². The number of nitrogens with zero attached hydrogens (tertiary/aromatic N) is 2. The summed E-state index contributed by atoms with van der Waals surface area (Å²) in [5, 5.41) is 34.0. The van der Waals surface area contributed by atoms with Crippen LogP contribution in [0.3, 0.4) is 0 Å². The lowest BCUT2D eigenvalue weighted by molar-refractivity contribution is -0.132. The molecule has 0 saturated heterocycles. The molecule has 0 unspecified atom stereocenters. The zero-order chi connectivity index (χ0) is 17.9. The summed E-state index contributed by atoms with van der Waals surface area (Å²) in [6.07, 6.45) is 4.16. The van der Waals surface area contributed by atoms with E-state index >= 15 is 0 Å². The summed E-state index contributed by atoms with van der Waals surface area (Å²) in [4.78, 5) is 24.3. The van der Waals surface area contributed by atoms with Gasteiger partial charge < -0.3 is 30.2 Å². The second-order valence-electron chi connectivity index (χ2n) is 4.87. The molecule has 0 radical (unpaired) electrons. The average molecular weight is 336 g/mol. The fraction of sp³-hybridized carbons (Fsp3) is 0.867. The topological polar surface area (TPSA) is 122 Å². The maximum atomic E-state index is 11.5. The van der Waals surface area contributed by atoms with Gasteiger partial charge in [-0.05, 0) is 6.42 Å². The van der Waals surface area contributed by atoms with Crippen molar-refractivity contribution in [2.45, 2.75) is 32.6 Å². The Bertz CT molecular complexity index is 267. The minimum atomic E-state index is -0.0568. The first kappa shape index (κ1) is 24.0. The van der Waals surface area contributed by atoms with Crippen molar-refractivity contribution in [2.75, 3.05) is 52.6 Å². The molecule has 8 nitrogen and oxygen atoms in total. The van der Waals surface area contributed by atoms with E-state index in [1.165, 1.54) is 9.80 Å². The van der Waals surface area contributed by atoms with Crippen LogP contribution in [0.4, 0.5) is 0 Å². The number of hydrogen-bond acceptors (Lipinski definition) is 6. The lowest BCUT2D eigenvalue weighted by Crippen LogP contribution is -2.35. The summed E-state index contributed by atoms with van der Waals surface area (Å²) in [6, 6.07) is 0. The van der Waals surface area contributed by atoms with E-state index in [4.69, 9.17) is 20.4 Å². The minimum absolute atomic E-state index is 0.0292. The number of amides is 2. The molecule has 2 amide bonds. The molecule has 4 N–H and O–H groups in total. The van der Waals surface area contributed by atoms with Gasteiger partial charge in [-0.25, -0.2) is 0 Å². The van der Waals surface area contributed by atoms with Crippen LogP contribution in [0, 0.1) is 0 Å². The molecule has 0 fully saturated rings. The van der Waals surface area contributed by atoms with Crippen LogP contribution in [0.25, 0.3) is 0 Å². The second kappa shape index (κ2) is 18.8. The van der Waals surface area contributed by atoms with Gasteiger partial charge in [-0.2, -0.15) is 0 Å². The first-order valence-electron chi connectivity index (χ1n) is 8.01. The monoisotopic (exact) mass is 336 g/mol. The van der Waals surface area contributed by atoms with Crippen LogP contribution in [-0.2, 0) is 9.59 Å². The van der Waals surface area contributed by atoms with Crippen molar-refractivity contribution in [1.82, 2.24) is 9.80 Å². The first-order valence-corrected chi connectivity index (χ1v) is 8.01. The lowest BCUT2D eigenvalue weighted by atomic mass is 10.2. The molecule has 23 heavy (non-hydrogen) atoms. The van der Waals surface area contributed by atoms with E-state index in [2.05, 4.69) is 6.92 Å². The lowest BCUT2D eigenvalue weighted by Gasteiger charge is -2.20. The summed E-state index contributed by atoms with van der Waals surface area (Å²) in [5.41, 5.74) is 0. The van der Waals surface area contributed by atoms with E-state index in [1.807, 2.05) is 0 Å². The van der Waals surface area contributed by atoms with Gasteiger partial charge in [0.2, 0.25) is 12.3 Å². The molecule has 0 aliphatic heterocycles. The van der Waals surface area contributed by atoms with Gasteiger partial charge in [-0.1, -0.05) is 19.8 Å². The zero-order valence-electron chi connectivity index (χ0n) is 14.1. The maximum absolute atomic E-state index is 11.5. The van der Waals surface area contributed by atoms with Crippen LogP contribution in [0.1, 0.15) is 32.6 Å². The van der Waals surface area contributed by atoms with Crippen LogP contribution in [0.15, 0.2) is 0 Å². The predicted molar refractivity (Wildman–Crippen MR) is 86.7 cm³/mol. The van der Waals surface area contributed by atoms with Crippen molar-refractivity contribution >= 4 is 12.3 Å².